The lowest BCUT2D eigenvalue weighted by Crippen LogP contribution is -2.51. The van der Waals surface area contributed by atoms with Crippen LogP contribution in [0.25, 0.3) is 0 Å². The monoisotopic (exact) mass is 269 g/mol. The molecule has 4 heteroatoms. The van der Waals surface area contributed by atoms with Crippen molar-refractivity contribution in [2.75, 3.05) is 0 Å². The SMILES string of the molecule is FC(F)(F)C1CCCC(CC2Cc3ccccc32)N1. The Labute approximate surface area is 111 Å². The molecule has 1 saturated heterocycles. The van der Waals surface area contributed by atoms with Crippen LogP contribution >= 0.6 is 0 Å². The average molecular weight is 269 g/mol. The summed E-state index contributed by atoms with van der Waals surface area (Å²) < 4.78 is 38.2. The fourth-order valence-electron chi connectivity index (χ4n) is 3.38. The molecule has 0 radical (unpaired) electrons. The molecule has 19 heavy (non-hydrogen) atoms. The van der Waals surface area contributed by atoms with E-state index in [-0.39, 0.29) is 12.5 Å². The molecule has 3 atom stereocenters. The number of halogens is 3. The van der Waals surface area contributed by atoms with Gasteiger partial charge in [0, 0.05) is 6.04 Å². The number of alkyl halides is 3. The molecule has 104 valence electrons. The molecule has 0 saturated carbocycles. The molecular formula is C15H18F3N. The summed E-state index contributed by atoms with van der Waals surface area (Å²) in [5.41, 5.74) is 2.69. The lowest BCUT2D eigenvalue weighted by molar-refractivity contribution is -0.163. The summed E-state index contributed by atoms with van der Waals surface area (Å²) in [6.07, 6.45) is -0.479. The van der Waals surface area contributed by atoms with Gasteiger partial charge in [0.1, 0.15) is 6.04 Å². The Kier molecular flexibility index (Phi) is 3.29. The van der Waals surface area contributed by atoms with Crippen LogP contribution in [-0.2, 0) is 6.42 Å². The first-order chi connectivity index (χ1) is 9.04. The Morgan fingerprint density at radius 1 is 1.16 bits per heavy atom. The van der Waals surface area contributed by atoms with Gasteiger partial charge >= 0.3 is 6.18 Å². The first-order valence-corrected chi connectivity index (χ1v) is 6.94. The largest absolute Gasteiger partial charge is 0.403 e. The van der Waals surface area contributed by atoms with E-state index in [9.17, 15) is 13.2 Å². The zero-order valence-corrected chi connectivity index (χ0v) is 10.7. The number of hydrogen-bond acceptors (Lipinski definition) is 1. The summed E-state index contributed by atoms with van der Waals surface area (Å²) in [6, 6.07) is 6.96. The third-order valence-electron chi connectivity index (χ3n) is 4.41. The molecule has 0 bridgehead atoms. The Morgan fingerprint density at radius 2 is 1.95 bits per heavy atom. The van der Waals surface area contributed by atoms with E-state index >= 15 is 0 Å². The van der Waals surface area contributed by atoms with Crippen molar-refractivity contribution >= 4 is 0 Å². The first-order valence-electron chi connectivity index (χ1n) is 6.94. The number of piperidine rings is 1. The van der Waals surface area contributed by atoms with Crippen LogP contribution in [0.4, 0.5) is 13.2 Å². The summed E-state index contributed by atoms with van der Waals surface area (Å²) in [5, 5.41) is 2.80. The van der Waals surface area contributed by atoms with Crippen LogP contribution in [0.1, 0.15) is 42.7 Å². The van der Waals surface area contributed by atoms with Crippen LogP contribution in [0.2, 0.25) is 0 Å². The molecule has 1 fully saturated rings. The molecule has 1 aromatic carbocycles. The van der Waals surface area contributed by atoms with Crippen molar-refractivity contribution in [2.45, 2.75) is 56.3 Å². The standard InChI is InChI=1S/C15H18F3N/c16-15(17,18)14-7-3-5-12(19-14)9-11-8-10-4-1-2-6-13(10)11/h1-2,4,6,11-12,14,19H,3,5,7-9H2. The molecule has 1 N–H and O–H groups in total. The maximum absolute atomic E-state index is 12.7. The maximum Gasteiger partial charge on any atom is 0.403 e. The second kappa shape index (κ2) is 4.82. The zero-order chi connectivity index (χ0) is 13.5. The molecule has 3 unspecified atom stereocenters. The molecular weight excluding hydrogens is 251 g/mol. The second-order valence-corrected chi connectivity index (χ2v) is 5.72. The number of benzene rings is 1. The van der Waals surface area contributed by atoms with Crippen LogP contribution in [0, 0.1) is 0 Å². The summed E-state index contributed by atoms with van der Waals surface area (Å²) >= 11 is 0. The minimum Gasteiger partial charge on any atom is -0.303 e. The molecule has 1 aliphatic heterocycles. The van der Waals surface area contributed by atoms with E-state index in [4.69, 9.17) is 0 Å². The molecule has 0 amide bonds. The molecule has 1 aromatic rings. The highest BCUT2D eigenvalue weighted by Gasteiger charge is 2.42. The maximum atomic E-state index is 12.7. The van der Waals surface area contributed by atoms with Crippen molar-refractivity contribution in [3.05, 3.63) is 35.4 Å². The van der Waals surface area contributed by atoms with Crippen molar-refractivity contribution in [1.29, 1.82) is 0 Å². The molecule has 1 heterocycles. The van der Waals surface area contributed by atoms with Gasteiger partial charge in [-0.15, -0.1) is 0 Å². The molecule has 2 aliphatic rings. The van der Waals surface area contributed by atoms with Gasteiger partial charge in [0.05, 0.1) is 0 Å². The fourth-order valence-corrected chi connectivity index (χ4v) is 3.38. The van der Waals surface area contributed by atoms with Crippen LogP contribution in [0.3, 0.4) is 0 Å². The Hall–Kier alpha value is -1.03. The highest BCUT2D eigenvalue weighted by Crippen LogP contribution is 2.39. The van der Waals surface area contributed by atoms with Crippen LogP contribution in [0.5, 0.6) is 0 Å². The molecule has 1 aliphatic carbocycles. The van der Waals surface area contributed by atoms with E-state index < -0.39 is 12.2 Å². The summed E-state index contributed by atoms with van der Waals surface area (Å²) in [4.78, 5) is 0. The highest BCUT2D eigenvalue weighted by molar-refractivity contribution is 5.39. The van der Waals surface area contributed by atoms with Crippen LogP contribution in [0.15, 0.2) is 24.3 Å². The van der Waals surface area contributed by atoms with Crippen molar-refractivity contribution in [3.63, 3.8) is 0 Å². The third kappa shape index (κ3) is 2.64. The minimum absolute atomic E-state index is 0.0127. The van der Waals surface area contributed by atoms with Crippen molar-refractivity contribution in [1.82, 2.24) is 5.32 Å². The summed E-state index contributed by atoms with van der Waals surface area (Å²) in [5.74, 6) is 0.445. The van der Waals surface area contributed by atoms with Gasteiger partial charge in [0.15, 0.2) is 0 Å². The zero-order valence-electron chi connectivity index (χ0n) is 10.7. The minimum atomic E-state index is -4.10. The summed E-state index contributed by atoms with van der Waals surface area (Å²) in [7, 11) is 0. The topological polar surface area (TPSA) is 12.0 Å². The number of hydrogen-bond donors (Lipinski definition) is 1. The smallest absolute Gasteiger partial charge is 0.303 e. The van der Waals surface area contributed by atoms with Crippen molar-refractivity contribution in [3.8, 4) is 0 Å². The van der Waals surface area contributed by atoms with E-state index in [0.29, 0.717) is 12.3 Å². The lowest BCUT2D eigenvalue weighted by Gasteiger charge is -2.37. The van der Waals surface area contributed by atoms with E-state index in [0.717, 1.165) is 19.3 Å². The molecule has 1 nitrogen and oxygen atoms in total. The van der Waals surface area contributed by atoms with Gasteiger partial charge in [-0.25, -0.2) is 0 Å². The molecule has 3 rings (SSSR count). The van der Waals surface area contributed by atoms with E-state index in [1.165, 1.54) is 11.1 Å². The predicted octanol–water partition coefficient (Wildman–Crippen LogP) is 3.79. The fraction of sp³-hybridized carbons (Fsp3) is 0.600. The van der Waals surface area contributed by atoms with Gasteiger partial charge in [-0.1, -0.05) is 30.7 Å². The predicted molar refractivity (Wildman–Crippen MR) is 68.1 cm³/mol. The van der Waals surface area contributed by atoms with Gasteiger partial charge in [0.2, 0.25) is 0 Å². The average Bonchev–Trinajstić information content (AvgIpc) is 2.35. The van der Waals surface area contributed by atoms with E-state index in [1.54, 1.807) is 0 Å². The number of rotatable bonds is 2. The van der Waals surface area contributed by atoms with Crippen molar-refractivity contribution in [2.24, 2.45) is 0 Å². The lowest BCUT2D eigenvalue weighted by atomic mass is 9.73. The van der Waals surface area contributed by atoms with E-state index in [2.05, 4.69) is 17.4 Å². The third-order valence-corrected chi connectivity index (χ3v) is 4.41. The quantitative estimate of drug-likeness (QED) is 0.861. The van der Waals surface area contributed by atoms with Crippen molar-refractivity contribution < 1.29 is 13.2 Å². The first kappa shape index (κ1) is 13.0. The Balaban J connectivity index is 1.60. The summed E-state index contributed by atoms with van der Waals surface area (Å²) in [6.45, 7) is 0. The molecule has 0 aromatic heterocycles. The van der Waals surface area contributed by atoms with Crippen LogP contribution in [-0.4, -0.2) is 18.3 Å². The van der Waals surface area contributed by atoms with Gasteiger partial charge in [-0.3, -0.25) is 0 Å². The Bertz CT molecular complexity index is 455. The normalized spacial score (nSPS) is 30.6. The Morgan fingerprint density at radius 3 is 2.68 bits per heavy atom. The molecule has 0 spiro atoms. The van der Waals surface area contributed by atoms with Gasteiger partial charge in [-0.05, 0) is 42.7 Å². The highest BCUT2D eigenvalue weighted by atomic mass is 19.4. The van der Waals surface area contributed by atoms with Gasteiger partial charge in [0.25, 0.3) is 0 Å². The number of nitrogens with one attached hydrogen (secondary N) is 1. The van der Waals surface area contributed by atoms with Crippen LogP contribution < -0.4 is 5.32 Å². The van der Waals surface area contributed by atoms with E-state index in [1.807, 2.05) is 12.1 Å². The second-order valence-electron chi connectivity index (χ2n) is 5.72. The number of fused-ring (bicyclic) bond motifs is 1. The van der Waals surface area contributed by atoms with Gasteiger partial charge < -0.3 is 5.32 Å². The van der Waals surface area contributed by atoms with Gasteiger partial charge in [-0.2, -0.15) is 13.2 Å².